The molecule has 0 saturated heterocycles. The summed E-state index contributed by atoms with van der Waals surface area (Å²) < 4.78 is 10.4. The molecule has 0 bridgehead atoms. The summed E-state index contributed by atoms with van der Waals surface area (Å²) in [5, 5.41) is 3.28. The SMILES string of the molecule is CNC(C)c1cccnc1N(CCCOC)CCOC. The fourth-order valence-electron chi connectivity index (χ4n) is 2.09. The molecule has 0 saturated carbocycles. The highest BCUT2D eigenvalue weighted by Gasteiger charge is 2.15. The maximum atomic E-state index is 5.21. The zero-order valence-corrected chi connectivity index (χ0v) is 13.1. The minimum atomic E-state index is 0.270. The first kappa shape index (κ1) is 16.9. The van der Waals surface area contributed by atoms with E-state index in [0.29, 0.717) is 6.61 Å². The van der Waals surface area contributed by atoms with E-state index in [0.717, 1.165) is 31.9 Å². The van der Waals surface area contributed by atoms with Crippen LogP contribution in [0, 0.1) is 0 Å². The largest absolute Gasteiger partial charge is 0.385 e. The second-order valence-electron chi connectivity index (χ2n) is 4.75. The molecule has 1 aromatic heterocycles. The maximum absolute atomic E-state index is 5.21. The molecule has 5 nitrogen and oxygen atoms in total. The van der Waals surface area contributed by atoms with E-state index in [9.17, 15) is 0 Å². The van der Waals surface area contributed by atoms with E-state index in [1.807, 2.05) is 19.3 Å². The van der Waals surface area contributed by atoms with Gasteiger partial charge in [-0.25, -0.2) is 4.98 Å². The van der Waals surface area contributed by atoms with Crippen molar-refractivity contribution in [3.63, 3.8) is 0 Å². The van der Waals surface area contributed by atoms with Gasteiger partial charge in [0.25, 0.3) is 0 Å². The van der Waals surface area contributed by atoms with Crippen molar-refractivity contribution in [1.82, 2.24) is 10.3 Å². The highest BCUT2D eigenvalue weighted by Crippen LogP contribution is 2.23. The molecule has 1 atom stereocenters. The van der Waals surface area contributed by atoms with Crippen LogP contribution in [0.4, 0.5) is 5.82 Å². The first-order valence-corrected chi connectivity index (χ1v) is 7.09. The fraction of sp³-hybridized carbons (Fsp3) is 0.667. The average molecular weight is 281 g/mol. The summed E-state index contributed by atoms with van der Waals surface area (Å²) in [4.78, 5) is 6.84. The summed E-state index contributed by atoms with van der Waals surface area (Å²) in [5.41, 5.74) is 1.21. The van der Waals surface area contributed by atoms with Crippen LogP contribution in [0.15, 0.2) is 18.3 Å². The zero-order chi connectivity index (χ0) is 14.8. The van der Waals surface area contributed by atoms with Crippen molar-refractivity contribution in [2.75, 3.05) is 52.5 Å². The van der Waals surface area contributed by atoms with Gasteiger partial charge in [-0.1, -0.05) is 6.07 Å². The third-order valence-electron chi connectivity index (χ3n) is 3.36. The lowest BCUT2D eigenvalue weighted by Gasteiger charge is -2.27. The van der Waals surface area contributed by atoms with Crippen LogP contribution in [0.1, 0.15) is 24.9 Å². The summed E-state index contributed by atoms with van der Waals surface area (Å²) in [6.07, 6.45) is 2.82. The Kier molecular flexibility index (Phi) is 8.18. The van der Waals surface area contributed by atoms with Gasteiger partial charge in [0.15, 0.2) is 0 Å². The topological polar surface area (TPSA) is 46.6 Å². The summed E-state index contributed by atoms with van der Waals surface area (Å²) in [6.45, 7) is 5.34. The Bertz CT molecular complexity index is 374. The van der Waals surface area contributed by atoms with Crippen LogP contribution >= 0.6 is 0 Å². The first-order valence-electron chi connectivity index (χ1n) is 7.09. The molecule has 1 N–H and O–H groups in total. The number of pyridine rings is 1. The zero-order valence-electron chi connectivity index (χ0n) is 13.1. The van der Waals surface area contributed by atoms with Gasteiger partial charge in [-0.2, -0.15) is 0 Å². The van der Waals surface area contributed by atoms with Gasteiger partial charge in [0.1, 0.15) is 5.82 Å². The maximum Gasteiger partial charge on any atom is 0.133 e. The smallest absolute Gasteiger partial charge is 0.133 e. The number of anilines is 1. The van der Waals surface area contributed by atoms with Crippen molar-refractivity contribution in [3.05, 3.63) is 23.9 Å². The molecule has 20 heavy (non-hydrogen) atoms. The van der Waals surface area contributed by atoms with E-state index < -0.39 is 0 Å². The van der Waals surface area contributed by atoms with Gasteiger partial charge >= 0.3 is 0 Å². The normalized spacial score (nSPS) is 12.4. The van der Waals surface area contributed by atoms with Crippen LogP contribution in [0.2, 0.25) is 0 Å². The molecule has 0 amide bonds. The lowest BCUT2D eigenvalue weighted by atomic mass is 10.1. The number of methoxy groups -OCH3 is 2. The Morgan fingerprint density at radius 3 is 2.65 bits per heavy atom. The van der Waals surface area contributed by atoms with Crippen LogP contribution in [-0.2, 0) is 9.47 Å². The van der Waals surface area contributed by atoms with Crippen molar-refractivity contribution in [2.24, 2.45) is 0 Å². The lowest BCUT2D eigenvalue weighted by molar-refractivity contribution is 0.190. The number of nitrogens with zero attached hydrogens (tertiary/aromatic N) is 2. The number of ether oxygens (including phenoxy) is 2. The predicted octanol–water partition coefficient (Wildman–Crippen LogP) is 1.85. The molecule has 0 aliphatic carbocycles. The van der Waals surface area contributed by atoms with Crippen LogP contribution in [0.5, 0.6) is 0 Å². The van der Waals surface area contributed by atoms with Gasteiger partial charge in [-0.3, -0.25) is 0 Å². The second-order valence-corrected chi connectivity index (χ2v) is 4.75. The summed E-state index contributed by atoms with van der Waals surface area (Å²) in [7, 11) is 5.42. The van der Waals surface area contributed by atoms with E-state index in [1.54, 1.807) is 14.2 Å². The number of aromatic nitrogens is 1. The first-order chi connectivity index (χ1) is 9.74. The summed E-state index contributed by atoms with van der Waals surface area (Å²) in [5.74, 6) is 1.03. The van der Waals surface area contributed by atoms with Crippen molar-refractivity contribution in [1.29, 1.82) is 0 Å². The number of hydrogen-bond donors (Lipinski definition) is 1. The molecule has 0 aliphatic rings. The molecule has 0 radical (unpaired) electrons. The molecule has 1 heterocycles. The van der Waals surface area contributed by atoms with Crippen LogP contribution in [0.3, 0.4) is 0 Å². The Morgan fingerprint density at radius 2 is 2.00 bits per heavy atom. The fourth-order valence-corrected chi connectivity index (χ4v) is 2.09. The number of rotatable bonds is 10. The monoisotopic (exact) mass is 281 g/mol. The average Bonchev–Trinajstić information content (AvgIpc) is 2.50. The van der Waals surface area contributed by atoms with Gasteiger partial charge < -0.3 is 19.7 Å². The molecule has 0 spiro atoms. The minimum Gasteiger partial charge on any atom is -0.385 e. The second kappa shape index (κ2) is 9.69. The van der Waals surface area contributed by atoms with Gasteiger partial charge in [0.05, 0.1) is 6.61 Å². The van der Waals surface area contributed by atoms with Crippen LogP contribution in [-0.4, -0.2) is 52.6 Å². The lowest BCUT2D eigenvalue weighted by Crippen LogP contribution is -2.31. The minimum absolute atomic E-state index is 0.270. The Labute approximate surface area is 122 Å². The van der Waals surface area contributed by atoms with Crippen molar-refractivity contribution < 1.29 is 9.47 Å². The molecule has 1 rings (SSSR count). The van der Waals surface area contributed by atoms with E-state index in [2.05, 4.69) is 28.2 Å². The van der Waals surface area contributed by atoms with Crippen molar-refractivity contribution in [3.8, 4) is 0 Å². The van der Waals surface area contributed by atoms with Gasteiger partial charge in [-0.15, -0.1) is 0 Å². The molecule has 1 unspecified atom stereocenters. The van der Waals surface area contributed by atoms with Crippen LogP contribution in [0.25, 0.3) is 0 Å². The molecule has 0 aliphatic heterocycles. The third-order valence-corrected chi connectivity index (χ3v) is 3.36. The van der Waals surface area contributed by atoms with E-state index >= 15 is 0 Å². The van der Waals surface area contributed by atoms with Gasteiger partial charge in [-0.05, 0) is 26.5 Å². The Hall–Kier alpha value is -1.17. The molecule has 0 fully saturated rings. The molecule has 114 valence electrons. The third kappa shape index (κ3) is 5.07. The van der Waals surface area contributed by atoms with Crippen LogP contribution < -0.4 is 10.2 Å². The number of nitrogens with one attached hydrogen (secondary N) is 1. The van der Waals surface area contributed by atoms with E-state index in [4.69, 9.17) is 9.47 Å². The highest BCUT2D eigenvalue weighted by molar-refractivity contribution is 5.48. The van der Waals surface area contributed by atoms with Gasteiger partial charge in [0, 0.05) is 51.7 Å². The highest BCUT2D eigenvalue weighted by atomic mass is 16.5. The van der Waals surface area contributed by atoms with Crippen molar-refractivity contribution >= 4 is 5.82 Å². The quantitative estimate of drug-likeness (QED) is 0.663. The van der Waals surface area contributed by atoms with E-state index in [1.165, 1.54) is 5.56 Å². The standard InChI is InChI=1S/C15H27N3O2/c1-13(16-2)14-7-5-8-17-15(14)18(10-12-20-4)9-6-11-19-3/h5,7-8,13,16H,6,9-12H2,1-4H3. The molecule has 1 aromatic rings. The molecular weight excluding hydrogens is 254 g/mol. The Balaban J connectivity index is 2.87. The summed E-state index contributed by atoms with van der Waals surface area (Å²) >= 11 is 0. The predicted molar refractivity (Wildman–Crippen MR) is 82.3 cm³/mol. The van der Waals surface area contributed by atoms with E-state index in [-0.39, 0.29) is 6.04 Å². The molecular formula is C15H27N3O2. The molecule has 5 heteroatoms. The summed E-state index contributed by atoms with van der Waals surface area (Å²) in [6, 6.07) is 4.38. The van der Waals surface area contributed by atoms with Crippen molar-refractivity contribution in [2.45, 2.75) is 19.4 Å². The van der Waals surface area contributed by atoms with Gasteiger partial charge in [0.2, 0.25) is 0 Å². The Morgan fingerprint density at radius 1 is 1.25 bits per heavy atom. The molecule has 0 aromatic carbocycles. The number of hydrogen-bond acceptors (Lipinski definition) is 5.